The second kappa shape index (κ2) is 24.8. The van der Waals surface area contributed by atoms with Crippen LogP contribution in [0, 0.1) is 17.8 Å². The number of carbonyl (C=O) groups is 7. The third-order valence-electron chi connectivity index (χ3n) is 12.4. The van der Waals surface area contributed by atoms with Crippen LogP contribution in [0.4, 0.5) is 9.59 Å². The van der Waals surface area contributed by atoms with Crippen LogP contribution in [0.3, 0.4) is 0 Å². The van der Waals surface area contributed by atoms with E-state index in [0.717, 1.165) is 31.2 Å². The SMILES string of the molecule is CC1=C(C)C(=O)C(CCCOC(=O)NCCCC[C@H](CC(=O)[C@@H]2CCCN2C(=O)[C@H](/C=C/[C@H](CC(C)C)NC(=O)OC(C)(C)C)Cc2ccccc2)C(=O)NC2CCCC2)=C(C)C1=O. The van der Waals surface area contributed by atoms with Crippen molar-refractivity contribution in [3.8, 4) is 0 Å². The van der Waals surface area contributed by atoms with Crippen LogP contribution >= 0.6 is 0 Å². The first-order chi connectivity index (χ1) is 30.3. The van der Waals surface area contributed by atoms with Crippen LogP contribution in [0.5, 0.6) is 0 Å². The molecule has 4 atom stereocenters. The molecular weight excluding hydrogens is 813 g/mol. The lowest BCUT2D eigenvalue weighted by Gasteiger charge is -2.29. The van der Waals surface area contributed by atoms with Crippen LogP contribution in [0.15, 0.2) is 64.8 Å². The van der Waals surface area contributed by atoms with E-state index in [1.807, 2.05) is 63.3 Å². The maximum Gasteiger partial charge on any atom is 0.408 e. The van der Waals surface area contributed by atoms with Gasteiger partial charge in [0.05, 0.1) is 24.6 Å². The highest BCUT2D eigenvalue weighted by molar-refractivity contribution is 6.24. The van der Waals surface area contributed by atoms with E-state index in [2.05, 4.69) is 29.8 Å². The highest BCUT2D eigenvalue weighted by Gasteiger charge is 2.38. The summed E-state index contributed by atoms with van der Waals surface area (Å²) in [4.78, 5) is 94.6. The molecule has 2 aliphatic carbocycles. The molecule has 352 valence electrons. The molecule has 1 saturated heterocycles. The molecule has 0 spiro atoms. The van der Waals surface area contributed by atoms with E-state index in [0.29, 0.717) is 93.2 Å². The molecule has 4 rings (SSSR count). The molecule has 0 aromatic heterocycles. The number of allylic oxidation sites excluding steroid dienone is 4. The Hall–Kier alpha value is -5.07. The number of unbranched alkanes of at least 4 members (excludes halogenated alkanes) is 1. The zero-order valence-electron chi connectivity index (χ0n) is 39.6. The summed E-state index contributed by atoms with van der Waals surface area (Å²) in [6.45, 7) is 15.4. The van der Waals surface area contributed by atoms with Crippen LogP contribution in [-0.4, -0.2) is 89.7 Å². The highest BCUT2D eigenvalue weighted by atomic mass is 16.6. The molecule has 1 aliphatic heterocycles. The Morgan fingerprint density at radius 3 is 2.20 bits per heavy atom. The second-order valence-electron chi connectivity index (χ2n) is 19.3. The summed E-state index contributed by atoms with van der Waals surface area (Å²) in [6, 6.07) is 8.81. The second-order valence-corrected chi connectivity index (χ2v) is 19.3. The maximum atomic E-state index is 14.5. The quantitative estimate of drug-likeness (QED) is 0.0586. The first-order valence-electron chi connectivity index (χ1n) is 23.6. The van der Waals surface area contributed by atoms with E-state index in [1.165, 1.54) is 0 Å². The molecule has 1 saturated carbocycles. The van der Waals surface area contributed by atoms with Crippen LogP contribution < -0.4 is 16.0 Å². The molecular formula is C51H74N4O9. The normalized spacial score (nSPS) is 18.7. The Morgan fingerprint density at radius 2 is 1.53 bits per heavy atom. The van der Waals surface area contributed by atoms with Crippen LogP contribution in [0.1, 0.15) is 144 Å². The van der Waals surface area contributed by atoms with Gasteiger partial charge in [0.2, 0.25) is 11.8 Å². The Kier molecular flexibility index (Phi) is 20.0. The number of rotatable bonds is 22. The fourth-order valence-electron chi connectivity index (χ4n) is 8.83. The lowest BCUT2D eigenvalue weighted by atomic mass is 9.84. The van der Waals surface area contributed by atoms with Crippen molar-refractivity contribution in [1.82, 2.24) is 20.9 Å². The largest absolute Gasteiger partial charge is 0.450 e. The number of nitrogens with zero attached hydrogens (tertiary/aromatic N) is 1. The van der Waals surface area contributed by atoms with Crippen molar-refractivity contribution >= 4 is 41.4 Å². The fourth-order valence-corrected chi connectivity index (χ4v) is 8.83. The lowest BCUT2D eigenvalue weighted by Crippen LogP contribution is -2.45. The third kappa shape index (κ3) is 16.2. The first kappa shape index (κ1) is 51.6. The predicted octanol–water partition coefficient (Wildman–Crippen LogP) is 8.45. The maximum absolute atomic E-state index is 14.5. The molecule has 0 radical (unpaired) electrons. The number of hydrogen-bond donors (Lipinski definition) is 3. The molecule has 1 aromatic carbocycles. The summed E-state index contributed by atoms with van der Waals surface area (Å²) in [5.41, 5.74) is 2.15. The minimum absolute atomic E-state index is 0.0107. The molecule has 3 N–H and O–H groups in total. The van der Waals surface area contributed by atoms with Gasteiger partial charge in [-0.05, 0) is 117 Å². The number of Topliss-reactive ketones (excluding diaryl/α,β-unsaturated/α-hetero) is 3. The number of benzene rings is 1. The number of hydrogen-bond acceptors (Lipinski definition) is 9. The molecule has 0 bridgehead atoms. The zero-order chi connectivity index (χ0) is 47.0. The summed E-state index contributed by atoms with van der Waals surface area (Å²) in [5, 5.41) is 8.90. The van der Waals surface area contributed by atoms with E-state index in [1.54, 1.807) is 25.7 Å². The van der Waals surface area contributed by atoms with Gasteiger partial charge in [-0.15, -0.1) is 0 Å². The lowest BCUT2D eigenvalue weighted by molar-refractivity contribution is -0.140. The molecule has 3 aliphatic rings. The van der Waals surface area contributed by atoms with Gasteiger partial charge in [0.25, 0.3) is 0 Å². The van der Waals surface area contributed by atoms with Gasteiger partial charge in [0.15, 0.2) is 17.3 Å². The molecule has 13 heteroatoms. The van der Waals surface area contributed by atoms with Crippen molar-refractivity contribution in [2.75, 3.05) is 19.7 Å². The molecule has 64 heavy (non-hydrogen) atoms. The minimum Gasteiger partial charge on any atom is -0.450 e. The highest BCUT2D eigenvalue weighted by Crippen LogP contribution is 2.29. The van der Waals surface area contributed by atoms with Gasteiger partial charge in [0.1, 0.15) is 5.60 Å². The zero-order valence-corrected chi connectivity index (χ0v) is 39.6. The van der Waals surface area contributed by atoms with Crippen LogP contribution in [-0.2, 0) is 39.9 Å². The fraction of sp³-hybridized carbons (Fsp3) is 0.627. The van der Waals surface area contributed by atoms with Gasteiger partial charge < -0.3 is 30.3 Å². The Morgan fingerprint density at radius 1 is 0.844 bits per heavy atom. The van der Waals surface area contributed by atoms with Crippen molar-refractivity contribution in [2.24, 2.45) is 17.8 Å². The smallest absolute Gasteiger partial charge is 0.408 e. The summed E-state index contributed by atoms with van der Waals surface area (Å²) >= 11 is 0. The first-order valence-corrected chi connectivity index (χ1v) is 23.6. The number of nitrogens with one attached hydrogen (secondary N) is 3. The van der Waals surface area contributed by atoms with E-state index >= 15 is 0 Å². The number of alkyl carbamates (subject to hydrolysis) is 2. The molecule has 13 nitrogen and oxygen atoms in total. The van der Waals surface area contributed by atoms with E-state index in [4.69, 9.17) is 9.47 Å². The van der Waals surface area contributed by atoms with Crippen molar-refractivity contribution in [3.05, 3.63) is 70.3 Å². The molecule has 0 unspecified atom stereocenters. The molecule has 1 aromatic rings. The van der Waals surface area contributed by atoms with Crippen molar-refractivity contribution in [3.63, 3.8) is 0 Å². The van der Waals surface area contributed by atoms with Crippen molar-refractivity contribution in [1.29, 1.82) is 0 Å². The summed E-state index contributed by atoms with van der Waals surface area (Å²) < 4.78 is 10.9. The standard InChI is InChI=1S/C51H74N4O9/c1-33(2)30-41(54-50(62)64-51(6,7)8)26-25-39(31-37-18-10-9-11-19-37)48(60)55-28-16-24-43(55)44(56)32-38(47(59)53-40-21-12-13-22-40)20-14-15-27-52-49(61)63-29-17-23-42-36(5)45(57)34(3)35(4)46(42)58/h9-11,18-19,25-26,33,38-41,43H,12-17,20-24,27-32H2,1-8H3,(H,52,61)(H,53,59)(H,54,62)/b26-25+/t38-,39-,41-,43+/m1/s1. The van der Waals surface area contributed by atoms with Crippen molar-refractivity contribution in [2.45, 2.75) is 169 Å². The van der Waals surface area contributed by atoms with Crippen LogP contribution in [0.25, 0.3) is 0 Å². The van der Waals surface area contributed by atoms with Gasteiger partial charge in [-0.3, -0.25) is 24.0 Å². The predicted molar refractivity (Wildman–Crippen MR) is 247 cm³/mol. The number of carbonyl (C=O) groups excluding carboxylic acids is 7. The minimum atomic E-state index is -0.663. The van der Waals surface area contributed by atoms with Gasteiger partial charge in [-0.25, -0.2) is 9.59 Å². The number of ketones is 3. The van der Waals surface area contributed by atoms with Crippen LogP contribution in [0.2, 0.25) is 0 Å². The monoisotopic (exact) mass is 887 g/mol. The number of amides is 4. The van der Waals surface area contributed by atoms with Gasteiger partial charge in [-0.2, -0.15) is 0 Å². The van der Waals surface area contributed by atoms with E-state index < -0.39 is 35.7 Å². The summed E-state index contributed by atoms with van der Waals surface area (Å²) in [7, 11) is 0. The van der Waals surface area contributed by atoms with Gasteiger partial charge in [0, 0.05) is 53.8 Å². The van der Waals surface area contributed by atoms with Gasteiger partial charge >= 0.3 is 12.2 Å². The van der Waals surface area contributed by atoms with Crippen molar-refractivity contribution < 1.29 is 43.0 Å². The molecule has 4 amide bonds. The average Bonchev–Trinajstić information content (AvgIpc) is 3.95. The Balaban J connectivity index is 1.36. The Labute approximate surface area is 381 Å². The average molecular weight is 887 g/mol. The number of likely N-dealkylation sites (tertiary alicyclic amines) is 1. The third-order valence-corrected chi connectivity index (χ3v) is 12.4. The van der Waals surface area contributed by atoms with Gasteiger partial charge in [-0.1, -0.05) is 75.6 Å². The molecule has 1 heterocycles. The Bertz CT molecular complexity index is 1900. The summed E-state index contributed by atoms with van der Waals surface area (Å²) in [5.74, 6) is -1.61. The topological polar surface area (TPSA) is 177 Å². The summed E-state index contributed by atoms with van der Waals surface area (Å²) in [6.07, 6.45) is 11.1. The molecule has 2 fully saturated rings. The van der Waals surface area contributed by atoms with E-state index in [-0.39, 0.29) is 60.2 Å². The number of ether oxygens (including phenoxy) is 2. The van der Waals surface area contributed by atoms with E-state index in [9.17, 15) is 33.6 Å².